The highest BCUT2D eigenvalue weighted by Gasteiger charge is 2.14. The smallest absolute Gasteiger partial charge is 0.118 e. The summed E-state index contributed by atoms with van der Waals surface area (Å²) in [6, 6.07) is 36.2. The minimum Gasteiger partial charge on any atom is -0.508 e. The average Bonchev–Trinajstić information content (AvgIpc) is 2.70. The fourth-order valence-electron chi connectivity index (χ4n) is 3.12. The van der Waals surface area contributed by atoms with Gasteiger partial charge < -0.3 is 10.0 Å². The molecule has 0 heterocycles. The summed E-state index contributed by atoms with van der Waals surface area (Å²) in [5.41, 5.74) is 5.07. The molecule has 0 spiro atoms. The molecular weight excluding hydrogens is 318 g/mol. The maximum absolute atomic E-state index is 10.4. The quantitative estimate of drug-likeness (QED) is 0.457. The highest BCUT2D eigenvalue weighted by Crippen LogP contribution is 2.38. The van der Waals surface area contributed by atoms with Crippen LogP contribution in [0.2, 0.25) is 0 Å². The summed E-state index contributed by atoms with van der Waals surface area (Å²) in [7, 11) is 0. The molecule has 0 aliphatic rings. The molecule has 1 N–H and O–H groups in total. The highest BCUT2D eigenvalue weighted by molar-refractivity contribution is 5.81. The van der Waals surface area contributed by atoms with Crippen LogP contribution in [-0.2, 0) is 0 Å². The van der Waals surface area contributed by atoms with Gasteiger partial charge in [-0.2, -0.15) is 0 Å². The first-order valence-corrected chi connectivity index (χ1v) is 8.61. The molecule has 0 aliphatic carbocycles. The van der Waals surface area contributed by atoms with Gasteiger partial charge in [0, 0.05) is 17.4 Å². The van der Waals surface area contributed by atoms with Gasteiger partial charge in [-0.05, 0) is 47.5 Å². The molecule has 0 saturated carbocycles. The van der Waals surface area contributed by atoms with E-state index in [4.69, 9.17) is 0 Å². The summed E-state index contributed by atoms with van der Waals surface area (Å²) in [4.78, 5) is 2.14. The fourth-order valence-corrected chi connectivity index (χ4v) is 3.12. The number of aromatic hydroxyl groups is 1. The van der Waals surface area contributed by atoms with Crippen molar-refractivity contribution in [1.29, 1.82) is 0 Å². The number of benzene rings is 4. The number of hydrogen-bond donors (Lipinski definition) is 1. The molecule has 0 aliphatic heterocycles. The van der Waals surface area contributed by atoms with Crippen molar-refractivity contribution in [3.8, 4) is 16.9 Å². The Morgan fingerprint density at radius 1 is 0.462 bits per heavy atom. The second-order valence-electron chi connectivity index (χ2n) is 6.11. The average molecular weight is 337 g/mol. The van der Waals surface area contributed by atoms with E-state index in [1.54, 1.807) is 12.1 Å². The van der Waals surface area contributed by atoms with E-state index in [9.17, 15) is 5.11 Å². The molecule has 0 radical (unpaired) electrons. The first-order valence-electron chi connectivity index (χ1n) is 8.61. The molecule has 0 atom stereocenters. The number of hydrogen-bond acceptors (Lipinski definition) is 2. The van der Waals surface area contributed by atoms with Crippen molar-refractivity contribution in [2.24, 2.45) is 0 Å². The predicted octanol–water partition coefficient (Wildman–Crippen LogP) is 6.53. The number of anilines is 3. The molecule has 0 bridgehead atoms. The van der Waals surface area contributed by atoms with Crippen LogP contribution in [0.3, 0.4) is 0 Å². The van der Waals surface area contributed by atoms with Gasteiger partial charge >= 0.3 is 0 Å². The van der Waals surface area contributed by atoms with Crippen LogP contribution in [0.5, 0.6) is 5.75 Å². The molecule has 2 nitrogen and oxygen atoms in total. The predicted molar refractivity (Wildman–Crippen MR) is 108 cm³/mol. The molecular formula is C24H19NO. The number of rotatable bonds is 4. The summed E-state index contributed by atoms with van der Waals surface area (Å²) in [5.74, 6) is 0.248. The van der Waals surface area contributed by atoms with Crippen molar-refractivity contribution in [3.05, 3.63) is 109 Å². The monoisotopic (exact) mass is 337 g/mol. The molecule has 4 rings (SSSR count). The van der Waals surface area contributed by atoms with E-state index in [1.807, 2.05) is 66.7 Å². The van der Waals surface area contributed by atoms with Gasteiger partial charge in [0.25, 0.3) is 0 Å². The molecule has 126 valence electrons. The second-order valence-corrected chi connectivity index (χ2v) is 6.11. The molecule has 2 heteroatoms. The number of phenols is 1. The Morgan fingerprint density at radius 2 is 0.962 bits per heavy atom. The van der Waals surface area contributed by atoms with Crippen molar-refractivity contribution in [2.75, 3.05) is 4.90 Å². The number of phenolic OH excluding ortho intramolecular Hbond substituents is 1. The first-order chi connectivity index (χ1) is 12.8. The third kappa shape index (κ3) is 3.31. The topological polar surface area (TPSA) is 23.5 Å². The van der Waals surface area contributed by atoms with Crippen molar-refractivity contribution >= 4 is 17.1 Å². The molecule has 0 fully saturated rings. The molecule has 26 heavy (non-hydrogen) atoms. The fraction of sp³-hybridized carbons (Fsp3) is 0. The zero-order valence-electron chi connectivity index (χ0n) is 14.3. The van der Waals surface area contributed by atoms with Gasteiger partial charge in [0.05, 0.1) is 5.69 Å². The highest BCUT2D eigenvalue weighted by atomic mass is 16.3. The molecule has 0 aromatic heterocycles. The van der Waals surface area contributed by atoms with Crippen LogP contribution < -0.4 is 4.90 Å². The molecule has 0 saturated heterocycles. The number of nitrogens with zero attached hydrogens (tertiary/aromatic N) is 1. The standard InChI is InChI=1S/C24H19NO/c26-24-17-20(19-10-4-1-5-11-19)16-23(18-24)25(21-12-6-2-7-13-21)22-14-8-3-9-15-22/h1-18,26H. The zero-order chi connectivity index (χ0) is 17.8. The summed E-state index contributed by atoms with van der Waals surface area (Å²) in [6.45, 7) is 0. The maximum atomic E-state index is 10.4. The summed E-state index contributed by atoms with van der Waals surface area (Å²) < 4.78 is 0. The Morgan fingerprint density at radius 3 is 1.50 bits per heavy atom. The lowest BCUT2D eigenvalue weighted by Gasteiger charge is -2.26. The van der Waals surface area contributed by atoms with Gasteiger partial charge in [0.1, 0.15) is 5.75 Å². The van der Waals surface area contributed by atoms with Crippen LogP contribution >= 0.6 is 0 Å². The summed E-state index contributed by atoms with van der Waals surface area (Å²) in [5, 5.41) is 10.4. The van der Waals surface area contributed by atoms with Crippen molar-refractivity contribution in [3.63, 3.8) is 0 Å². The Bertz CT molecular complexity index is 943. The largest absolute Gasteiger partial charge is 0.508 e. The van der Waals surface area contributed by atoms with Gasteiger partial charge in [-0.1, -0.05) is 66.7 Å². The van der Waals surface area contributed by atoms with Crippen LogP contribution in [-0.4, -0.2) is 5.11 Å². The van der Waals surface area contributed by atoms with Crippen LogP contribution in [0, 0.1) is 0 Å². The van der Waals surface area contributed by atoms with Gasteiger partial charge in [-0.25, -0.2) is 0 Å². The molecule has 0 unspecified atom stereocenters. The van der Waals surface area contributed by atoms with Crippen LogP contribution in [0.15, 0.2) is 109 Å². The normalized spacial score (nSPS) is 10.5. The second kappa shape index (κ2) is 7.16. The lowest BCUT2D eigenvalue weighted by molar-refractivity contribution is 0.476. The lowest BCUT2D eigenvalue weighted by Crippen LogP contribution is -2.09. The van der Waals surface area contributed by atoms with E-state index < -0.39 is 0 Å². The van der Waals surface area contributed by atoms with Crippen molar-refractivity contribution in [2.45, 2.75) is 0 Å². The van der Waals surface area contributed by atoms with Crippen LogP contribution in [0.4, 0.5) is 17.1 Å². The van der Waals surface area contributed by atoms with Crippen LogP contribution in [0.25, 0.3) is 11.1 Å². The van der Waals surface area contributed by atoms with Crippen LogP contribution in [0.1, 0.15) is 0 Å². The van der Waals surface area contributed by atoms with E-state index in [2.05, 4.69) is 35.2 Å². The minimum absolute atomic E-state index is 0.248. The van der Waals surface area contributed by atoms with Gasteiger partial charge in [-0.3, -0.25) is 0 Å². The number of para-hydroxylation sites is 2. The Hall–Kier alpha value is -3.52. The maximum Gasteiger partial charge on any atom is 0.118 e. The van der Waals surface area contributed by atoms with E-state index in [-0.39, 0.29) is 5.75 Å². The summed E-state index contributed by atoms with van der Waals surface area (Å²) >= 11 is 0. The van der Waals surface area contributed by atoms with E-state index in [1.165, 1.54) is 0 Å². The van der Waals surface area contributed by atoms with E-state index >= 15 is 0 Å². The Kier molecular flexibility index (Phi) is 4.40. The lowest BCUT2D eigenvalue weighted by atomic mass is 10.0. The third-order valence-corrected chi connectivity index (χ3v) is 4.30. The van der Waals surface area contributed by atoms with Crippen molar-refractivity contribution in [1.82, 2.24) is 0 Å². The Labute approximate surface area is 153 Å². The first kappa shape index (κ1) is 16.0. The molecule has 4 aromatic rings. The minimum atomic E-state index is 0.248. The van der Waals surface area contributed by atoms with E-state index in [0.717, 1.165) is 28.2 Å². The zero-order valence-corrected chi connectivity index (χ0v) is 14.3. The third-order valence-electron chi connectivity index (χ3n) is 4.30. The van der Waals surface area contributed by atoms with Gasteiger partial charge in [0.2, 0.25) is 0 Å². The molecule has 0 amide bonds. The van der Waals surface area contributed by atoms with Gasteiger partial charge in [-0.15, -0.1) is 0 Å². The molecule has 4 aromatic carbocycles. The van der Waals surface area contributed by atoms with Crippen molar-refractivity contribution < 1.29 is 5.11 Å². The summed E-state index contributed by atoms with van der Waals surface area (Å²) in [6.07, 6.45) is 0. The van der Waals surface area contributed by atoms with Gasteiger partial charge in [0.15, 0.2) is 0 Å². The Balaban J connectivity index is 1.88. The SMILES string of the molecule is Oc1cc(-c2ccccc2)cc(N(c2ccccc2)c2ccccc2)c1. The van der Waals surface area contributed by atoms with E-state index in [0.29, 0.717) is 0 Å².